The van der Waals surface area contributed by atoms with Crippen LogP contribution in [0.25, 0.3) is 0 Å². The summed E-state index contributed by atoms with van der Waals surface area (Å²) in [5, 5.41) is 2.73. The molecule has 0 spiro atoms. The van der Waals surface area contributed by atoms with Crippen LogP contribution in [0.1, 0.15) is 48.2 Å². The van der Waals surface area contributed by atoms with Crippen molar-refractivity contribution in [3.63, 3.8) is 0 Å². The highest BCUT2D eigenvalue weighted by molar-refractivity contribution is 7.89. The van der Waals surface area contributed by atoms with Crippen LogP contribution in [-0.4, -0.2) is 20.9 Å². The zero-order chi connectivity index (χ0) is 18.4. The van der Waals surface area contributed by atoms with Crippen LogP contribution < -0.4 is 10.0 Å². The molecule has 0 aliphatic heterocycles. The van der Waals surface area contributed by atoms with Crippen molar-refractivity contribution in [2.24, 2.45) is 5.92 Å². The van der Waals surface area contributed by atoms with Crippen molar-refractivity contribution in [3.8, 4) is 0 Å². The van der Waals surface area contributed by atoms with E-state index in [0.717, 1.165) is 12.8 Å². The van der Waals surface area contributed by atoms with E-state index < -0.39 is 10.0 Å². The molecule has 1 aromatic heterocycles. The molecule has 2 aromatic rings. The third-order valence-corrected chi connectivity index (χ3v) is 6.16. The molecule has 0 saturated heterocycles. The summed E-state index contributed by atoms with van der Waals surface area (Å²) in [4.78, 5) is 12.3. The predicted molar refractivity (Wildman–Crippen MR) is 98.1 cm³/mol. The van der Waals surface area contributed by atoms with Crippen LogP contribution in [0.4, 0.5) is 0 Å². The minimum atomic E-state index is -3.55. The lowest BCUT2D eigenvalue weighted by Crippen LogP contribution is -2.30. The van der Waals surface area contributed by atoms with Crippen molar-refractivity contribution in [1.29, 1.82) is 0 Å². The summed E-state index contributed by atoms with van der Waals surface area (Å²) < 4.78 is 32.7. The fraction of sp³-hybridized carbons (Fsp3) is 0.421. The van der Waals surface area contributed by atoms with Crippen LogP contribution in [0.5, 0.6) is 0 Å². The molecule has 1 aliphatic carbocycles. The van der Waals surface area contributed by atoms with Crippen LogP contribution in [0.3, 0.4) is 0 Å². The van der Waals surface area contributed by atoms with Gasteiger partial charge in [0.2, 0.25) is 10.0 Å². The highest BCUT2D eigenvalue weighted by Crippen LogP contribution is 2.23. The van der Waals surface area contributed by atoms with E-state index in [1.54, 1.807) is 18.4 Å². The second kappa shape index (κ2) is 8.51. The molecule has 7 heteroatoms. The molecule has 1 aliphatic rings. The van der Waals surface area contributed by atoms with Gasteiger partial charge >= 0.3 is 0 Å². The quantitative estimate of drug-likeness (QED) is 0.777. The zero-order valence-electron chi connectivity index (χ0n) is 14.6. The Hall–Kier alpha value is -2.12. The van der Waals surface area contributed by atoms with Gasteiger partial charge in [-0.15, -0.1) is 0 Å². The first-order chi connectivity index (χ1) is 12.5. The maximum atomic E-state index is 12.4. The summed E-state index contributed by atoms with van der Waals surface area (Å²) in [6, 6.07) is 9.49. The fourth-order valence-corrected chi connectivity index (χ4v) is 4.29. The first kappa shape index (κ1) is 18.7. The molecule has 1 aromatic carbocycles. The minimum absolute atomic E-state index is 0.177. The average Bonchev–Trinajstić information content (AvgIpc) is 3.19. The number of hydrogen-bond acceptors (Lipinski definition) is 4. The van der Waals surface area contributed by atoms with Gasteiger partial charge in [-0.05, 0) is 55.2 Å². The van der Waals surface area contributed by atoms with Crippen molar-refractivity contribution < 1.29 is 17.6 Å². The van der Waals surface area contributed by atoms with E-state index in [9.17, 15) is 13.2 Å². The van der Waals surface area contributed by atoms with Crippen LogP contribution in [0, 0.1) is 5.92 Å². The molecule has 1 heterocycles. The van der Waals surface area contributed by atoms with Crippen LogP contribution in [0.2, 0.25) is 0 Å². The lowest BCUT2D eigenvalue weighted by molar-refractivity contribution is 0.0948. The van der Waals surface area contributed by atoms with Gasteiger partial charge < -0.3 is 9.73 Å². The Morgan fingerprint density at radius 2 is 1.81 bits per heavy atom. The molecule has 1 saturated carbocycles. The van der Waals surface area contributed by atoms with Gasteiger partial charge in [-0.2, -0.15) is 0 Å². The number of carbonyl (C=O) groups excluding carboxylic acids is 1. The number of carbonyl (C=O) groups is 1. The van der Waals surface area contributed by atoms with E-state index in [0.29, 0.717) is 23.8 Å². The summed E-state index contributed by atoms with van der Waals surface area (Å²) in [6.07, 6.45) is 7.30. The Morgan fingerprint density at radius 1 is 1.08 bits per heavy atom. The first-order valence-electron chi connectivity index (χ1n) is 8.95. The van der Waals surface area contributed by atoms with Gasteiger partial charge in [-0.25, -0.2) is 13.1 Å². The van der Waals surface area contributed by atoms with E-state index in [2.05, 4.69) is 10.0 Å². The van der Waals surface area contributed by atoms with Crippen molar-refractivity contribution in [2.75, 3.05) is 6.54 Å². The zero-order valence-corrected chi connectivity index (χ0v) is 15.4. The van der Waals surface area contributed by atoms with Crippen LogP contribution in [0.15, 0.2) is 52.0 Å². The number of sulfonamides is 1. The maximum absolute atomic E-state index is 12.4. The largest absolute Gasteiger partial charge is 0.467 e. The average molecular weight is 376 g/mol. The summed E-state index contributed by atoms with van der Waals surface area (Å²) in [6.45, 7) is 0.766. The monoisotopic (exact) mass is 376 g/mol. The maximum Gasteiger partial charge on any atom is 0.251 e. The van der Waals surface area contributed by atoms with E-state index >= 15 is 0 Å². The lowest BCUT2D eigenvalue weighted by Gasteiger charge is -2.21. The van der Waals surface area contributed by atoms with Gasteiger partial charge in [0, 0.05) is 12.1 Å². The Balaban J connectivity index is 1.56. The fourth-order valence-electron chi connectivity index (χ4n) is 3.17. The number of furan rings is 1. The molecule has 140 valence electrons. The van der Waals surface area contributed by atoms with Gasteiger partial charge in [-0.3, -0.25) is 4.79 Å². The number of rotatable bonds is 7. The molecule has 6 nitrogen and oxygen atoms in total. The highest BCUT2D eigenvalue weighted by Gasteiger charge is 2.19. The summed E-state index contributed by atoms with van der Waals surface area (Å²) >= 11 is 0. The number of benzene rings is 1. The van der Waals surface area contributed by atoms with E-state index in [1.807, 2.05) is 0 Å². The number of nitrogens with one attached hydrogen (secondary N) is 2. The van der Waals surface area contributed by atoms with Crippen molar-refractivity contribution in [1.82, 2.24) is 10.0 Å². The highest BCUT2D eigenvalue weighted by atomic mass is 32.2. The normalized spacial score (nSPS) is 15.7. The second-order valence-electron chi connectivity index (χ2n) is 6.64. The third-order valence-electron chi connectivity index (χ3n) is 4.72. The number of hydrogen-bond donors (Lipinski definition) is 2. The molecule has 0 atom stereocenters. The van der Waals surface area contributed by atoms with Crippen molar-refractivity contribution >= 4 is 15.9 Å². The molecular weight excluding hydrogens is 352 g/mol. The summed E-state index contributed by atoms with van der Waals surface area (Å²) in [5.74, 6) is 0.801. The topological polar surface area (TPSA) is 88.4 Å². The molecule has 1 fully saturated rings. The Morgan fingerprint density at radius 3 is 2.46 bits per heavy atom. The van der Waals surface area contributed by atoms with Crippen LogP contribution in [-0.2, 0) is 16.6 Å². The molecule has 0 bridgehead atoms. The predicted octanol–water partition coefficient (Wildman–Crippen LogP) is 3.07. The Bertz CT molecular complexity index is 808. The Labute approximate surface area is 154 Å². The first-order valence-corrected chi connectivity index (χ1v) is 10.4. The molecule has 1 amide bonds. The minimum Gasteiger partial charge on any atom is -0.467 e. The van der Waals surface area contributed by atoms with E-state index in [-0.39, 0.29) is 17.3 Å². The van der Waals surface area contributed by atoms with E-state index in [4.69, 9.17) is 4.42 Å². The number of amides is 1. The summed E-state index contributed by atoms with van der Waals surface area (Å²) in [7, 11) is -3.55. The van der Waals surface area contributed by atoms with Crippen molar-refractivity contribution in [2.45, 2.75) is 43.5 Å². The SMILES string of the molecule is O=C(NCc1ccco1)c1ccc(S(=O)(=O)NCC2CCCCC2)cc1. The van der Waals surface area contributed by atoms with Gasteiger partial charge in [-0.1, -0.05) is 19.3 Å². The van der Waals surface area contributed by atoms with Gasteiger partial charge in [0.15, 0.2) is 0 Å². The van der Waals surface area contributed by atoms with Gasteiger partial charge in [0.25, 0.3) is 5.91 Å². The van der Waals surface area contributed by atoms with Crippen LogP contribution >= 0.6 is 0 Å². The molecule has 0 radical (unpaired) electrons. The molecular formula is C19H24N2O4S. The summed E-state index contributed by atoms with van der Waals surface area (Å²) in [5.41, 5.74) is 0.405. The second-order valence-corrected chi connectivity index (χ2v) is 8.41. The molecule has 26 heavy (non-hydrogen) atoms. The van der Waals surface area contributed by atoms with Crippen molar-refractivity contribution in [3.05, 3.63) is 54.0 Å². The Kier molecular flexibility index (Phi) is 6.11. The standard InChI is InChI=1S/C19H24N2O4S/c22-19(20-14-17-7-4-12-25-17)16-8-10-18(11-9-16)26(23,24)21-13-15-5-2-1-3-6-15/h4,7-12,15,21H,1-3,5-6,13-14H2,(H,20,22). The molecule has 2 N–H and O–H groups in total. The van der Waals surface area contributed by atoms with Gasteiger partial charge in [0.05, 0.1) is 17.7 Å². The van der Waals surface area contributed by atoms with Gasteiger partial charge in [0.1, 0.15) is 5.76 Å². The molecule has 0 unspecified atom stereocenters. The third kappa shape index (κ3) is 4.95. The lowest BCUT2D eigenvalue weighted by atomic mass is 9.90. The van der Waals surface area contributed by atoms with E-state index in [1.165, 1.54) is 43.5 Å². The smallest absolute Gasteiger partial charge is 0.251 e. The molecule has 3 rings (SSSR count).